The summed E-state index contributed by atoms with van der Waals surface area (Å²) in [4.78, 5) is 26.4. The third-order valence-electron chi connectivity index (χ3n) is 5.44. The van der Waals surface area contributed by atoms with Crippen LogP contribution >= 0.6 is 0 Å². The van der Waals surface area contributed by atoms with E-state index in [9.17, 15) is 9.59 Å². The minimum atomic E-state index is -0.373. The monoisotopic (exact) mass is 346 g/mol. The molecule has 0 bridgehead atoms. The van der Waals surface area contributed by atoms with Crippen LogP contribution in [0.25, 0.3) is 0 Å². The Hall–Kier alpha value is -2.72. The van der Waals surface area contributed by atoms with Gasteiger partial charge >= 0.3 is 0 Å². The van der Waals surface area contributed by atoms with Gasteiger partial charge in [0.15, 0.2) is 0 Å². The summed E-state index contributed by atoms with van der Waals surface area (Å²) in [6.07, 6.45) is 4.22. The highest BCUT2D eigenvalue weighted by Gasteiger charge is 2.55. The van der Waals surface area contributed by atoms with Crippen molar-refractivity contribution < 1.29 is 9.59 Å². The molecule has 4 rings (SSSR count). The quantitative estimate of drug-likeness (QED) is 0.633. The highest BCUT2D eigenvalue weighted by molar-refractivity contribution is 6.06. The van der Waals surface area contributed by atoms with Crippen molar-refractivity contribution in [3.05, 3.63) is 83.9 Å². The van der Waals surface area contributed by atoms with E-state index in [-0.39, 0.29) is 35.5 Å². The molecule has 1 fully saturated rings. The van der Waals surface area contributed by atoms with Gasteiger partial charge in [0.05, 0.1) is 11.8 Å². The summed E-state index contributed by atoms with van der Waals surface area (Å²) < 4.78 is 0. The number of fused-ring (bicyclic) bond motifs is 1. The summed E-state index contributed by atoms with van der Waals surface area (Å²) in [5.41, 5.74) is 2.15. The highest BCUT2D eigenvalue weighted by atomic mass is 16.2. The van der Waals surface area contributed by atoms with Gasteiger partial charge in [-0.25, -0.2) is 10.0 Å². The number of hydrogen-bond donors (Lipinski definition) is 0. The smallest absolute Gasteiger partial charge is 0.248 e. The molecule has 0 saturated carbocycles. The Balaban J connectivity index is 1.83. The van der Waals surface area contributed by atoms with Crippen LogP contribution in [-0.4, -0.2) is 35.9 Å². The lowest BCUT2D eigenvalue weighted by Gasteiger charge is -2.32. The third kappa shape index (κ3) is 2.58. The number of hydrogen-bond acceptors (Lipinski definition) is 3. The maximum Gasteiger partial charge on any atom is 0.248 e. The lowest BCUT2D eigenvalue weighted by molar-refractivity contribution is -0.154. The number of carbonyl (C=O) groups excluding carboxylic acids is 2. The van der Waals surface area contributed by atoms with Gasteiger partial charge in [0.25, 0.3) is 0 Å². The molecular weight excluding hydrogens is 324 g/mol. The zero-order chi connectivity index (χ0) is 18.3. The Labute approximate surface area is 153 Å². The lowest BCUT2D eigenvalue weighted by atomic mass is 9.68. The van der Waals surface area contributed by atoms with Gasteiger partial charge in [0.2, 0.25) is 11.8 Å². The van der Waals surface area contributed by atoms with Crippen LogP contribution in [0, 0.1) is 11.8 Å². The molecule has 1 heterocycles. The van der Waals surface area contributed by atoms with Crippen LogP contribution in [0.3, 0.4) is 0 Å². The Morgan fingerprint density at radius 2 is 1.08 bits per heavy atom. The fourth-order valence-electron chi connectivity index (χ4n) is 4.31. The Kier molecular flexibility index (Phi) is 4.21. The van der Waals surface area contributed by atoms with Crippen LogP contribution < -0.4 is 0 Å². The average Bonchev–Trinajstić information content (AvgIpc) is 2.94. The van der Waals surface area contributed by atoms with Crippen LogP contribution in [0.4, 0.5) is 0 Å². The minimum absolute atomic E-state index is 0.0810. The van der Waals surface area contributed by atoms with E-state index in [2.05, 4.69) is 12.2 Å². The van der Waals surface area contributed by atoms with E-state index in [1.807, 2.05) is 60.7 Å². The van der Waals surface area contributed by atoms with Gasteiger partial charge in [-0.05, 0) is 11.1 Å². The largest absolute Gasteiger partial charge is 0.273 e. The fraction of sp³-hybridized carbons (Fsp3) is 0.273. The maximum atomic E-state index is 13.2. The van der Waals surface area contributed by atoms with E-state index in [1.54, 1.807) is 19.1 Å². The second kappa shape index (κ2) is 6.54. The first kappa shape index (κ1) is 16.7. The molecule has 4 heteroatoms. The minimum Gasteiger partial charge on any atom is -0.273 e. The first-order chi connectivity index (χ1) is 12.6. The number of nitrogens with zero attached hydrogens (tertiary/aromatic N) is 2. The molecule has 4 nitrogen and oxygen atoms in total. The predicted octanol–water partition coefficient (Wildman–Crippen LogP) is 3.20. The molecule has 2 aromatic rings. The van der Waals surface area contributed by atoms with E-state index < -0.39 is 0 Å². The Bertz CT molecular complexity index is 777. The number of amides is 2. The van der Waals surface area contributed by atoms with Crippen LogP contribution in [0.2, 0.25) is 0 Å². The number of imide groups is 1. The van der Waals surface area contributed by atoms with Crippen molar-refractivity contribution in [2.24, 2.45) is 11.8 Å². The van der Waals surface area contributed by atoms with Gasteiger partial charge < -0.3 is 0 Å². The van der Waals surface area contributed by atoms with E-state index in [4.69, 9.17) is 0 Å². The van der Waals surface area contributed by atoms with Crippen molar-refractivity contribution in [3.63, 3.8) is 0 Å². The molecule has 1 aliphatic carbocycles. The molecule has 0 spiro atoms. The molecule has 2 amide bonds. The number of rotatable bonds is 3. The van der Waals surface area contributed by atoms with E-state index in [0.29, 0.717) is 0 Å². The molecule has 132 valence electrons. The standard InChI is InChI=1S/C22H22N2O2/c1-23(2)24-21(25)19-17(15-9-5-3-6-10-15)13-14-18(20(19)22(24)26)16-11-7-4-8-12-16/h3-14,17-20H,1-2H3/t17-,18-,19+,20+/m1/s1. The molecule has 1 aliphatic heterocycles. The van der Waals surface area contributed by atoms with E-state index in [1.165, 1.54) is 5.01 Å². The normalized spacial score (nSPS) is 27.9. The fourth-order valence-corrected chi connectivity index (χ4v) is 4.31. The van der Waals surface area contributed by atoms with Gasteiger partial charge in [-0.3, -0.25) is 9.59 Å². The number of carbonyl (C=O) groups is 2. The molecule has 2 aliphatic rings. The molecule has 1 saturated heterocycles. The second-order valence-electron chi connectivity index (χ2n) is 7.14. The molecule has 26 heavy (non-hydrogen) atoms. The van der Waals surface area contributed by atoms with Crippen molar-refractivity contribution in [2.75, 3.05) is 14.1 Å². The predicted molar refractivity (Wildman–Crippen MR) is 100 cm³/mol. The first-order valence-electron chi connectivity index (χ1n) is 8.93. The van der Waals surface area contributed by atoms with Gasteiger partial charge in [-0.15, -0.1) is 0 Å². The van der Waals surface area contributed by atoms with Crippen molar-refractivity contribution >= 4 is 11.8 Å². The van der Waals surface area contributed by atoms with E-state index in [0.717, 1.165) is 11.1 Å². The number of benzene rings is 2. The maximum absolute atomic E-state index is 13.2. The number of allylic oxidation sites excluding steroid dienone is 2. The van der Waals surface area contributed by atoms with Crippen LogP contribution in [0.5, 0.6) is 0 Å². The second-order valence-corrected chi connectivity index (χ2v) is 7.14. The lowest BCUT2D eigenvalue weighted by Crippen LogP contribution is -2.42. The summed E-state index contributed by atoms with van der Waals surface area (Å²) >= 11 is 0. The van der Waals surface area contributed by atoms with Crippen molar-refractivity contribution in [3.8, 4) is 0 Å². The molecule has 0 aromatic heterocycles. The third-order valence-corrected chi connectivity index (χ3v) is 5.44. The molecule has 2 aromatic carbocycles. The van der Waals surface area contributed by atoms with Gasteiger partial charge in [0, 0.05) is 25.9 Å². The van der Waals surface area contributed by atoms with Crippen molar-refractivity contribution in [1.29, 1.82) is 0 Å². The molecular formula is C22H22N2O2. The van der Waals surface area contributed by atoms with Crippen molar-refractivity contribution in [2.45, 2.75) is 11.8 Å². The van der Waals surface area contributed by atoms with Crippen LogP contribution in [0.15, 0.2) is 72.8 Å². The number of hydrazine groups is 1. The molecule has 0 N–H and O–H groups in total. The van der Waals surface area contributed by atoms with Crippen LogP contribution in [0.1, 0.15) is 23.0 Å². The summed E-state index contributed by atoms with van der Waals surface area (Å²) in [5, 5.41) is 2.92. The summed E-state index contributed by atoms with van der Waals surface area (Å²) in [5.74, 6) is -1.12. The summed E-state index contributed by atoms with van der Waals surface area (Å²) in [6.45, 7) is 0. The SMILES string of the molecule is CN(C)N1C(=O)[C@@H]2[C@@H](C1=O)[C@@H](c1ccccc1)C=C[C@@H]2c1ccccc1. The topological polar surface area (TPSA) is 40.6 Å². The molecule has 4 atom stereocenters. The zero-order valence-corrected chi connectivity index (χ0v) is 14.9. The zero-order valence-electron chi connectivity index (χ0n) is 14.9. The molecule has 0 radical (unpaired) electrons. The summed E-state index contributed by atoms with van der Waals surface area (Å²) in [7, 11) is 3.49. The van der Waals surface area contributed by atoms with Crippen LogP contribution in [-0.2, 0) is 9.59 Å². The van der Waals surface area contributed by atoms with Gasteiger partial charge in [-0.1, -0.05) is 72.8 Å². The van der Waals surface area contributed by atoms with Gasteiger partial charge in [0.1, 0.15) is 0 Å². The Morgan fingerprint density at radius 3 is 1.42 bits per heavy atom. The Morgan fingerprint density at radius 1 is 0.692 bits per heavy atom. The summed E-state index contributed by atoms with van der Waals surface area (Å²) in [6, 6.07) is 20.0. The van der Waals surface area contributed by atoms with Crippen molar-refractivity contribution in [1.82, 2.24) is 10.0 Å². The van der Waals surface area contributed by atoms with Gasteiger partial charge in [-0.2, -0.15) is 0 Å². The average molecular weight is 346 g/mol. The highest BCUT2D eigenvalue weighted by Crippen LogP contribution is 2.49. The first-order valence-corrected chi connectivity index (χ1v) is 8.93. The molecule has 0 unspecified atom stereocenters. The van der Waals surface area contributed by atoms with E-state index >= 15 is 0 Å².